The van der Waals surface area contributed by atoms with Gasteiger partial charge in [-0.15, -0.1) is 0 Å². The van der Waals surface area contributed by atoms with Crippen molar-refractivity contribution in [2.45, 2.75) is 11.8 Å². The Hall–Kier alpha value is -3.89. The number of fused-ring (bicyclic) bond motifs is 1. The van der Waals surface area contributed by atoms with Gasteiger partial charge in [0.15, 0.2) is 0 Å². The van der Waals surface area contributed by atoms with E-state index in [9.17, 15) is 22.4 Å². The van der Waals surface area contributed by atoms with Crippen LogP contribution in [0.3, 0.4) is 0 Å². The molecule has 0 saturated heterocycles. The number of hydrogen-bond acceptors (Lipinski definition) is 6. The fraction of sp³-hybridized carbons (Fsp3) is 0.0870. The molecule has 0 unspecified atom stereocenters. The number of esters is 1. The summed E-state index contributed by atoms with van der Waals surface area (Å²) < 4.78 is 42.9. The van der Waals surface area contributed by atoms with Gasteiger partial charge in [-0.25, -0.2) is 22.7 Å². The SMILES string of the molecule is COC(=O)c1c(C)nc2ccn(-c3ccc(S(N)(=O)=O)cc3)c(=O)c2c1-c1ccc(F)cc1. The summed E-state index contributed by atoms with van der Waals surface area (Å²) >= 11 is 0. The molecule has 10 heteroatoms. The summed E-state index contributed by atoms with van der Waals surface area (Å²) in [5, 5.41) is 5.27. The van der Waals surface area contributed by atoms with Crippen molar-refractivity contribution in [3.63, 3.8) is 0 Å². The van der Waals surface area contributed by atoms with E-state index in [0.717, 1.165) is 0 Å². The molecular weight excluding hydrogens is 449 g/mol. The van der Waals surface area contributed by atoms with Gasteiger partial charge in [-0.05, 0) is 55.0 Å². The average molecular weight is 467 g/mol. The molecule has 0 spiro atoms. The zero-order chi connectivity index (χ0) is 23.9. The minimum atomic E-state index is -3.90. The maximum atomic E-state index is 13.6. The summed E-state index contributed by atoms with van der Waals surface area (Å²) in [6.45, 7) is 1.62. The standard InChI is InChI=1S/C23H18FN3O5S/c1-13-19(23(29)32-2)20(14-3-5-15(24)6-4-14)21-18(26-13)11-12-27(22(21)28)16-7-9-17(10-8-16)33(25,30)31/h3-12H,1-2H3,(H2,25,30,31). The van der Waals surface area contributed by atoms with Crippen LogP contribution in [0.5, 0.6) is 0 Å². The monoisotopic (exact) mass is 467 g/mol. The van der Waals surface area contributed by atoms with Crippen LogP contribution in [0, 0.1) is 12.7 Å². The van der Waals surface area contributed by atoms with E-state index in [1.165, 1.54) is 66.4 Å². The van der Waals surface area contributed by atoms with Gasteiger partial charge in [-0.1, -0.05) is 12.1 Å². The molecule has 0 amide bonds. The molecule has 2 N–H and O–H groups in total. The van der Waals surface area contributed by atoms with E-state index in [0.29, 0.717) is 22.5 Å². The third-order valence-electron chi connectivity index (χ3n) is 5.19. The van der Waals surface area contributed by atoms with E-state index in [2.05, 4.69) is 4.98 Å². The Balaban J connectivity index is 2.07. The Bertz CT molecular complexity index is 1560. The van der Waals surface area contributed by atoms with Crippen LogP contribution in [0.25, 0.3) is 27.7 Å². The maximum absolute atomic E-state index is 13.6. The van der Waals surface area contributed by atoms with Gasteiger partial charge < -0.3 is 4.74 Å². The second-order valence-electron chi connectivity index (χ2n) is 7.24. The molecule has 4 rings (SSSR count). The van der Waals surface area contributed by atoms with Crippen molar-refractivity contribution >= 4 is 26.9 Å². The van der Waals surface area contributed by atoms with E-state index >= 15 is 0 Å². The summed E-state index contributed by atoms with van der Waals surface area (Å²) in [6.07, 6.45) is 1.50. The number of aryl methyl sites for hydroxylation is 1. The second kappa shape index (κ2) is 8.23. The van der Waals surface area contributed by atoms with E-state index in [1.54, 1.807) is 13.0 Å². The van der Waals surface area contributed by atoms with Crippen LogP contribution in [0.1, 0.15) is 16.1 Å². The molecule has 33 heavy (non-hydrogen) atoms. The number of benzene rings is 2. The number of carbonyl (C=O) groups is 1. The van der Waals surface area contributed by atoms with E-state index in [1.807, 2.05) is 0 Å². The van der Waals surface area contributed by atoms with Crippen molar-refractivity contribution in [2.24, 2.45) is 5.14 Å². The molecule has 4 aromatic rings. The highest BCUT2D eigenvalue weighted by Crippen LogP contribution is 2.32. The van der Waals surface area contributed by atoms with Crippen LogP contribution < -0.4 is 10.7 Å². The Morgan fingerprint density at radius 2 is 1.70 bits per heavy atom. The first-order valence-electron chi connectivity index (χ1n) is 9.65. The fourth-order valence-corrected chi connectivity index (χ4v) is 4.17. The van der Waals surface area contributed by atoms with Crippen LogP contribution in [0.15, 0.2) is 70.5 Å². The summed E-state index contributed by atoms with van der Waals surface area (Å²) in [5.74, 6) is -1.16. The number of nitrogens with zero attached hydrogens (tertiary/aromatic N) is 2. The van der Waals surface area contributed by atoms with Gasteiger partial charge in [0.2, 0.25) is 10.0 Å². The molecule has 0 aliphatic rings. The third-order valence-corrected chi connectivity index (χ3v) is 6.12. The Morgan fingerprint density at radius 1 is 1.06 bits per heavy atom. The molecule has 168 valence electrons. The summed E-state index contributed by atoms with van der Waals surface area (Å²) in [5.41, 5.74) is 1.35. The van der Waals surface area contributed by atoms with Gasteiger partial charge in [0.1, 0.15) is 5.82 Å². The number of aromatic nitrogens is 2. The average Bonchev–Trinajstić information content (AvgIpc) is 2.78. The van der Waals surface area contributed by atoms with Gasteiger partial charge in [0, 0.05) is 17.4 Å². The summed E-state index contributed by atoms with van der Waals surface area (Å²) in [6, 6.07) is 12.4. The number of ether oxygens (including phenoxy) is 1. The lowest BCUT2D eigenvalue weighted by atomic mass is 9.95. The lowest BCUT2D eigenvalue weighted by Crippen LogP contribution is -2.21. The molecule has 0 saturated carbocycles. The molecule has 2 aromatic heterocycles. The first-order valence-corrected chi connectivity index (χ1v) is 11.2. The largest absolute Gasteiger partial charge is 0.465 e. The van der Waals surface area contributed by atoms with Crippen LogP contribution in [-0.2, 0) is 14.8 Å². The molecule has 0 radical (unpaired) electrons. The van der Waals surface area contributed by atoms with Gasteiger partial charge >= 0.3 is 5.97 Å². The van der Waals surface area contributed by atoms with Crippen molar-refractivity contribution in [1.82, 2.24) is 9.55 Å². The number of pyridine rings is 2. The van der Waals surface area contributed by atoms with Gasteiger partial charge in [0.05, 0.1) is 34.2 Å². The van der Waals surface area contributed by atoms with E-state index in [4.69, 9.17) is 9.88 Å². The lowest BCUT2D eigenvalue weighted by Gasteiger charge is -2.15. The molecule has 2 heterocycles. The minimum absolute atomic E-state index is 0.0935. The number of primary sulfonamides is 1. The number of hydrogen-bond donors (Lipinski definition) is 1. The van der Waals surface area contributed by atoms with Crippen molar-refractivity contribution in [1.29, 1.82) is 0 Å². The molecule has 2 aromatic carbocycles. The number of sulfonamides is 1. The Kier molecular flexibility index (Phi) is 5.56. The quantitative estimate of drug-likeness (QED) is 0.461. The number of carbonyl (C=O) groups excluding carboxylic acids is 1. The molecule has 0 atom stereocenters. The number of halogens is 1. The van der Waals surface area contributed by atoms with Crippen LogP contribution in [0.2, 0.25) is 0 Å². The highest BCUT2D eigenvalue weighted by atomic mass is 32.2. The van der Waals surface area contributed by atoms with E-state index in [-0.39, 0.29) is 21.4 Å². The predicted molar refractivity (Wildman–Crippen MR) is 120 cm³/mol. The lowest BCUT2D eigenvalue weighted by molar-refractivity contribution is 0.0600. The molecule has 0 aliphatic carbocycles. The topological polar surface area (TPSA) is 121 Å². The summed E-state index contributed by atoms with van der Waals surface area (Å²) in [7, 11) is -2.68. The molecular formula is C23H18FN3O5S. The van der Waals surface area contributed by atoms with Crippen LogP contribution in [-0.4, -0.2) is 31.0 Å². The Morgan fingerprint density at radius 3 is 2.27 bits per heavy atom. The smallest absolute Gasteiger partial charge is 0.340 e. The van der Waals surface area contributed by atoms with Gasteiger partial charge in [0.25, 0.3) is 5.56 Å². The first kappa shape index (κ1) is 22.3. The first-order chi connectivity index (χ1) is 15.6. The summed E-state index contributed by atoms with van der Waals surface area (Å²) in [4.78, 5) is 30.5. The highest BCUT2D eigenvalue weighted by Gasteiger charge is 2.23. The molecule has 0 fully saturated rings. The molecule has 0 aliphatic heterocycles. The van der Waals surface area contributed by atoms with Crippen LogP contribution >= 0.6 is 0 Å². The minimum Gasteiger partial charge on any atom is -0.465 e. The van der Waals surface area contributed by atoms with Crippen molar-refractivity contribution in [2.75, 3.05) is 7.11 Å². The highest BCUT2D eigenvalue weighted by molar-refractivity contribution is 7.89. The van der Waals surface area contributed by atoms with Crippen molar-refractivity contribution < 1.29 is 22.3 Å². The fourth-order valence-electron chi connectivity index (χ4n) is 3.65. The second-order valence-corrected chi connectivity index (χ2v) is 8.80. The van der Waals surface area contributed by atoms with E-state index < -0.39 is 27.4 Å². The molecule has 8 nitrogen and oxygen atoms in total. The number of nitrogens with two attached hydrogens (primary N) is 1. The molecule has 0 bridgehead atoms. The zero-order valence-corrected chi connectivity index (χ0v) is 18.4. The van der Waals surface area contributed by atoms with Gasteiger partial charge in [-0.3, -0.25) is 14.3 Å². The zero-order valence-electron chi connectivity index (χ0n) is 17.6. The number of methoxy groups -OCH3 is 1. The van der Waals surface area contributed by atoms with Gasteiger partial charge in [-0.2, -0.15) is 0 Å². The number of rotatable bonds is 4. The predicted octanol–water partition coefficient (Wildman–Crippen LogP) is 2.93. The maximum Gasteiger partial charge on any atom is 0.340 e. The van der Waals surface area contributed by atoms with Crippen molar-refractivity contribution in [3.8, 4) is 16.8 Å². The van der Waals surface area contributed by atoms with Crippen LogP contribution in [0.4, 0.5) is 4.39 Å². The Labute approximate surface area is 188 Å². The van der Waals surface area contributed by atoms with Crippen molar-refractivity contribution in [3.05, 3.63) is 88.2 Å². The third kappa shape index (κ3) is 4.01. The normalized spacial score (nSPS) is 11.5.